The van der Waals surface area contributed by atoms with Crippen molar-refractivity contribution in [1.82, 2.24) is 19.8 Å². The molecule has 1 aliphatic heterocycles. The molecule has 4 rings (SSSR count). The van der Waals surface area contributed by atoms with Crippen molar-refractivity contribution >= 4 is 16.8 Å². The number of nitrogens with zero attached hydrogens (tertiary/aromatic N) is 4. The summed E-state index contributed by atoms with van der Waals surface area (Å²) in [5.41, 5.74) is 3.35. The normalized spacial score (nSPS) is 15.3. The summed E-state index contributed by atoms with van der Waals surface area (Å²) in [6.45, 7) is 8.98. The molecule has 2 aromatic heterocycles. The highest BCUT2D eigenvalue weighted by Crippen LogP contribution is 2.26. The quantitative estimate of drug-likeness (QED) is 0.698. The molecule has 0 bridgehead atoms. The maximum atomic E-state index is 13.4. The fourth-order valence-electron chi connectivity index (χ4n) is 3.84. The van der Waals surface area contributed by atoms with Crippen LogP contribution in [0.1, 0.15) is 24.2 Å². The van der Waals surface area contributed by atoms with Crippen molar-refractivity contribution in [3.05, 3.63) is 60.4 Å². The van der Waals surface area contributed by atoms with Gasteiger partial charge in [-0.05, 0) is 30.2 Å². The third-order valence-corrected chi connectivity index (χ3v) is 5.21. The van der Waals surface area contributed by atoms with Crippen LogP contribution in [-0.2, 0) is 0 Å². The molecular formula is C23H26N4O. The number of carbonyl (C=O) groups is 1. The van der Waals surface area contributed by atoms with Gasteiger partial charge in [0.15, 0.2) is 0 Å². The number of hydrogen-bond acceptors (Lipinski definition) is 4. The van der Waals surface area contributed by atoms with Crippen LogP contribution < -0.4 is 0 Å². The van der Waals surface area contributed by atoms with Crippen molar-refractivity contribution in [2.45, 2.75) is 13.8 Å². The van der Waals surface area contributed by atoms with Crippen molar-refractivity contribution in [2.24, 2.45) is 5.92 Å². The first-order valence-corrected chi connectivity index (χ1v) is 9.93. The van der Waals surface area contributed by atoms with Crippen LogP contribution in [0.3, 0.4) is 0 Å². The second kappa shape index (κ2) is 8.07. The van der Waals surface area contributed by atoms with Crippen LogP contribution in [0.15, 0.2) is 54.9 Å². The molecule has 0 aliphatic carbocycles. The van der Waals surface area contributed by atoms with Crippen LogP contribution in [0.25, 0.3) is 22.2 Å². The van der Waals surface area contributed by atoms with E-state index >= 15 is 0 Å². The average Bonchev–Trinajstić information content (AvgIpc) is 2.73. The summed E-state index contributed by atoms with van der Waals surface area (Å²) in [5, 5.41) is 0.912. The maximum absolute atomic E-state index is 13.4. The van der Waals surface area contributed by atoms with Gasteiger partial charge in [-0.15, -0.1) is 0 Å². The second-order valence-corrected chi connectivity index (χ2v) is 7.79. The van der Waals surface area contributed by atoms with Gasteiger partial charge < -0.3 is 4.90 Å². The Labute approximate surface area is 166 Å². The first-order chi connectivity index (χ1) is 13.6. The minimum absolute atomic E-state index is 0.0955. The van der Waals surface area contributed by atoms with E-state index in [1.807, 2.05) is 47.4 Å². The van der Waals surface area contributed by atoms with E-state index in [2.05, 4.69) is 23.7 Å². The molecule has 1 aliphatic rings. The molecule has 1 aromatic carbocycles. The topological polar surface area (TPSA) is 49.3 Å². The minimum Gasteiger partial charge on any atom is -0.336 e. The SMILES string of the molecule is CC(C)CN1CCN(C(=O)c2cc(-c3ccncc3)nc3ccccc23)CC1. The van der Waals surface area contributed by atoms with Crippen molar-refractivity contribution < 1.29 is 4.79 Å². The highest BCUT2D eigenvalue weighted by molar-refractivity contribution is 6.07. The van der Waals surface area contributed by atoms with Crippen molar-refractivity contribution in [2.75, 3.05) is 32.7 Å². The van der Waals surface area contributed by atoms with Gasteiger partial charge >= 0.3 is 0 Å². The van der Waals surface area contributed by atoms with Gasteiger partial charge in [0.25, 0.3) is 5.91 Å². The molecule has 1 saturated heterocycles. The predicted molar refractivity (Wildman–Crippen MR) is 112 cm³/mol. The predicted octanol–water partition coefficient (Wildman–Crippen LogP) is 3.71. The first kappa shape index (κ1) is 18.6. The van der Waals surface area contributed by atoms with E-state index < -0.39 is 0 Å². The zero-order valence-corrected chi connectivity index (χ0v) is 16.5. The highest BCUT2D eigenvalue weighted by Gasteiger charge is 2.24. The molecule has 0 N–H and O–H groups in total. The number of amides is 1. The third kappa shape index (κ3) is 3.90. The molecule has 0 atom stereocenters. The van der Waals surface area contributed by atoms with Gasteiger partial charge in [0.2, 0.25) is 0 Å². The number of pyridine rings is 2. The first-order valence-electron chi connectivity index (χ1n) is 9.93. The van der Waals surface area contributed by atoms with Crippen LogP contribution in [0.2, 0.25) is 0 Å². The van der Waals surface area contributed by atoms with E-state index in [0.717, 1.165) is 60.4 Å². The molecule has 5 nitrogen and oxygen atoms in total. The number of fused-ring (bicyclic) bond motifs is 1. The Morgan fingerprint density at radius 3 is 2.46 bits per heavy atom. The average molecular weight is 374 g/mol. The number of rotatable bonds is 4. The lowest BCUT2D eigenvalue weighted by molar-refractivity contribution is 0.0625. The van der Waals surface area contributed by atoms with E-state index in [-0.39, 0.29) is 5.91 Å². The Kier molecular flexibility index (Phi) is 5.35. The van der Waals surface area contributed by atoms with Gasteiger partial charge in [-0.25, -0.2) is 4.98 Å². The fourth-order valence-corrected chi connectivity index (χ4v) is 3.84. The van der Waals surface area contributed by atoms with Gasteiger partial charge in [0, 0.05) is 56.1 Å². The van der Waals surface area contributed by atoms with Crippen LogP contribution in [-0.4, -0.2) is 58.4 Å². The van der Waals surface area contributed by atoms with Gasteiger partial charge in [-0.1, -0.05) is 32.0 Å². The Morgan fingerprint density at radius 2 is 1.75 bits per heavy atom. The molecule has 28 heavy (non-hydrogen) atoms. The Balaban J connectivity index is 1.65. The van der Waals surface area contributed by atoms with Gasteiger partial charge in [0.05, 0.1) is 16.8 Å². The highest BCUT2D eigenvalue weighted by atomic mass is 16.2. The van der Waals surface area contributed by atoms with Crippen molar-refractivity contribution in [1.29, 1.82) is 0 Å². The smallest absolute Gasteiger partial charge is 0.254 e. The van der Waals surface area contributed by atoms with E-state index in [0.29, 0.717) is 5.92 Å². The van der Waals surface area contributed by atoms with E-state index in [9.17, 15) is 4.79 Å². The summed E-state index contributed by atoms with van der Waals surface area (Å²) in [7, 11) is 0. The molecule has 0 saturated carbocycles. The summed E-state index contributed by atoms with van der Waals surface area (Å²) >= 11 is 0. The minimum atomic E-state index is 0.0955. The van der Waals surface area contributed by atoms with E-state index in [4.69, 9.17) is 4.98 Å². The number of para-hydroxylation sites is 1. The van der Waals surface area contributed by atoms with Gasteiger partial charge in [-0.3, -0.25) is 14.7 Å². The molecule has 0 radical (unpaired) electrons. The van der Waals surface area contributed by atoms with Crippen LogP contribution in [0.4, 0.5) is 0 Å². The van der Waals surface area contributed by atoms with Crippen molar-refractivity contribution in [3.8, 4) is 11.3 Å². The molecule has 3 aromatic rings. The van der Waals surface area contributed by atoms with Gasteiger partial charge in [-0.2, -0.15) is 0 Å². The Hall–Kier alpha value is -2.79. The van der Waals surface area contributed by atoms with Crippen molar-refractivity contribution in [3.63, 3.8) is 0 Å². The number of hydrogen-bond donors (Lipinski definition) is 0. The molecule has 1 fully saturated rings. The molecule has 144 valence electrons. The lowest BCUT2D eigenvalue weighted by Gasteiger charge is -2.35. The largest absolute Gasteiger partial charge is 0.336 e. The molecule has 0 unspecified atom stereocenters. The summed E-state index contributed by atoms with van der Waals surface area (Å²) in [5.74, 6) is 0.743. The number of benzene rings is 1. The van der Waals surface area contributed by atoms with Gasteiger partial charge in [0.1, 0.15) is 0 Å². The zero-order chi connectivity index (χ0) is 19.5. The molecule has 1 amide bonds. The fraction of sp³-hybridized carbons (Fsp3) is 0.348. The molecule has 0 spiro atoms. The lowest BCUT2D eigenvalue weighted by Crippen LogP contribution is -2.49. The second-order valence-electron chi connectivity index (χ2n) is 7.79. The summed E-state index contributed by atoms with van der Waals surface area (Å²) in [6.07, 6.45) is 3.50. The third-order valence-electron chi connectivity index (χ3n) is 5.21. The monoisotopic (exact) mass is 374 g/mol. The number of carbonyl (C=O) groups excluding carboxylic acids is 1. The summed E-state index contributed by atoms with van der Waals surface area (Å²) in [4.78, 5) is 26.7. The number of piperazine rings is 1. The summed E-state index contributed by atoms with van der Waals surface area (Å²) < 4.78 is 0. The number of aromatic nitrogens is 2. The van der Waals surface area contributed by atoms with E-state index in [1.165, 1.54) is 0 Å². The Bertz CT molecular complexity index is 963. The molecule has 5 heteroatoms. The molecule has 3 heterocycles. The Morgan fingerprint density at radius 1 is 1.04 bits per heavy atom. The lowest BCUT2D eigenvalue weighted by atomic mass is 10.0. The van der Waals surface area contributed by atoms with Crippen LogP contribution in [0, 0.1) is 5.92 Å². The van der Waals surface area contributed by atoms with Crippen LogP contribution >= 0.6 is 0 Å². The zero-order valence-electron chi connectivity index (χ0n) is 16.5. The van der Waals surface area contributed by atoms with E-state index in [1.54, 1.807) is 12.4 Å². The molecular weight excluding hydrogens is 348 g/mol. The summed E-state index contributed by atoms with van der Waals surface area (Å²) in [6, 6.07) is 13.7. The maximum Gasteiger partial charge on any atom is 0.254 e. The standard InChI is InChI=1S/C23H26N4O/c1-17(2)16-26-11-13-27(14-12-26)23(28)20-15-22(18-7-9-24-10-8-18)25-21-6-4-3-5-19(20)21/h3-10,15,17H,11-14,16H2,1-2H3. The van der Waals surface area contributed by atoms with Crippen LogP contribution in [0.5, 0.6) is 0 Å².